The highest BCUT2D eigenvalue weighted by atomic mass is 16.3. The van der Waals surface area contributed by atoms with E-state index in [0.717, 1.165) is 37.9 Å². The van der Waals surface area contributed by atoms with Gasteiger partial charge in [-0.2, -0.15) is 0 Å². The maximum Gasteiger partial charge on any atom is 0.253 e. The molecular weight excluding hydrogens is 242 g/mol. The summed E-state index contributed by atoms with van der Waals surface area (Å²) in [7, 11) is 0. The van der Waals surface area contributed by atoms with Gasteiger partial charge in [-0.25, -0.2) is 0 Å². The van der Waals surface area contributed by atoms with Gasteiger partial charge < -0.3 is 15.7 Å². The lowest BCUT2D eigenvalue weighted by Crippen LogP contribution is -2.38. The monoisotopic (exact) mass is 263 g/mol. The highest BCUT2D eigenvalue weighted by molar-refractivity contribution is 5.99. The van der Waals surface area contributed by atoms with Crippen LogP contribution in [-0.2, 0) is 0 Å². The summed E-state index contributed by atoms with van der Waals surface area (Å²) in [6.07, 6.45) is 6.31. The van der Waals surface area contributed by atoms with Gasteiger partial charge in [0.2, 0.25) is 0 Å². The van der Waals surface area contributed by atoms with E-state index in [4.69, 9.17) is 0 Å². The SMILES string of the molecule is CCNc1cnccc1C(=O)NC1CCC(O)CC1. The van der Waals surface area contributed by atoms with Crippen LogP contribution >= 0.6 is 0 Å². The second kappa shape index (κ2) is 6.52. The summed E-state index contributed by atoms with van der Waals surface area (Å²) < 4.78 is 0. The molecule has 1 aromatic rings. The van der Waals surface area contributed by atoms with Crippen molar-refractivity contribution in [2.45, 2.75) is 44.8 Å². The molecule has 2 rings (SSSR count). The van der Waals surface area contributed by atoms with Crippen LogP contribution in [0.4, 0.5) is 5.69 Å². The summed E-state index contributed by atoms with van der Waals surface area (Å²) >= 11 is 0. The fourth-order valence-electron chi connectivity index (χ4n) is 2.41. The van der Waals surface area contributed by atoms with Crippen LogP contribution < -0.4 is 10.6 Å². The number of nitrogens with zero attached hydrogens (tertiary/aromatic N) is 1. The first-order valence-corrected chi connectivity index (χ1v) is 6.87. The molecule has 104 valence electrons. The number of carbonyl (C=O) groups excluding carboxylic acids is 1. The number of pyridine rings is 1. The highest BCUT2D eigenvalue weighted by Gasteiger charge is 2.22. The van der Waals surface area contributed by atoms with E-state index in [-0.39, 0.29) is 18.1 Å². The Morgan fingerprint density at radius 1 is 1.42 bits per heavy atom. The molecule has 1 aliphatic rings. The molecule has 1 saturated carbocycles. The Bertz CT molecular complexity index is 428. The Labute approximate surface area is 113 Å². The molecule has 0 aliphatic heterocycles. The van der Waals surface area contributed by atoms with Crippen LogP contribution in [0.5, 0.6) is 0 Å². The Morgan fingerprint density at radius 2 is 2.16 bits per heavy atom. The second-order valence-electron chi connectivity index (χ2n) is 4.93. The van der Waals surface area contributed by atoms with Crippen molar-refractivity contribution < 1.29 is 9.90 Å². The van der Waals surface area contributed by atoms with Crippen molar-refractivity contribution in [3.05, 3.63) is 24.0 Å². The van der Waals surface area contributed by atoms with Crippen LogP contribution in [0.25, 0.3) is 0 Å². The summed E-state index contributed by atoms with van der Waals surface area (Å²) in [5, 5.41) is 15.6. The first-order valence-electron chi connectivity index (χ1n) is 6.87. The quantitative estimate of drug-likeness (QED) is 0.770. The minimum Gasteiger partial charge on any atom is -0.393 e. The number of aliphatic hydroxyl groups is 1. The molecule has 0 aromatic carbocycles. The van der Waals surface area contributed by atoms with Gasteiger partial charge in [-0.05, 0) is 38.7 Å². The maximum atomic E-state index is 12.2. The molecule has 0 atom stereocenters. The van der Waals surface area contributed by atoms with Gasteiger partial charge >= 0.3 is 0 Å². The van der Waals surface area contributed by atoms with Crippen molar-refractivity contribution in [2.75, 3.05) is 11.9 Å². The average molecular weight is 263 g/mol. The summed E-state index contributed by atoms with van der Waals surface area (Å²) in [5.41, 5.74) is 1.39. The van der Waals surface area contributed by atoms with Crippen molar-refractivity contribution >= 4 is 11.6 Å². The van der Waals surface area contributed by atoms with Crippen molar-refractivity contribution in [1.29, 1.82) is 0 Å². The Kier molecular flexibility index (Phi) is 4.74. The number of hydrogen-bond donors (Lipinski definition) is 3. The van der Waals surface area contributed by atoms with Crippen LogP contribution in [-0.4, -0.2) is 34.7 Å². The van der Waals surface area contributed by atoms with E-state index >= 15 is 0 Å². The van der Waals surface area contributed by atoms with Crippen LogP contribution in [0.3, 0.4) is 0 Å². The molecule has 5 nitrogen and oxygen atoms in total. The average Bonchev–Trinajstić information content (AvgIpc) is 2.42. The summed E-state index contributed by atoms with van der Waals surface area (Å²) in [6, 6.07) is 1.89. The van der Waals surface area contributed by atoms with Crippen LogP contribution in [0, 0.1) is 0 Å². The number of carbonyl (C=O) groups is 1. The number of aliphatic hydroxyl groups excluding tert-OH is 1. The number of amides is 1. The van der Waals surface area contributed by atoms with Gasteiger partial charge in [0.25, 0.3) is 5.91 Å². The molecule has 0 bridgehead atoms. The Hall–Kier alpha value is -1.62. The minimum absolute atomic E-state index is 0.0697. The molecule has 5 heteroatoms. The van der Waals surface area contributed by atoms with Gasteiger partial charge in [0, 0.05) is 18.8 Å². The fourth-order valence-corrected chi connectivity index (χ4v) is 2.41. The third-order valence-corrected chi connectivity index (χ3v) is 3.46. The molecular formula is C14H21N3O2. The lowest BCUT2D eigenvalue weighted by Gasteiger charge is -2.26. The largest absolute Gasteiger partial charge is 0.393 e. The number of aromatic nitrogens is 1. The lowest BCUT2D eigenvalue weighted by molar-refractivity contribution is 0.0868. The molecule has 0 unspecified atom stereocenters. The van der Waals surface area contributed by atoms with E-state index in [0.29, 0.717) is 5.56 Å². The van der Waals surface area contributed by atoms with Gasteiger partial charge in [0.05, 0.1) is 23.6 Å². The van der Waals surface area contributed by atoms with Crippen LogP contribution in [0.15, 0.2) is 18.5 Å². The summed E-state index contributed by atoms with van der Waals surface area (Å²) in [6.45, 7) is 2.73. The first kappa shape index (κ1) is 13.8. The van der Waals surface area contributed by atoms with E-state index in [2.05, 4.69) is 15.6 Å². The lowest BCUT2D eigenvalue weighted by atomic mass is 9.93. The van der Waals surface area contributed by atoms with Crippen molar-refractivity contribution in [3.8, 4) is 0 Å². The molecule has 0 saturated heterocycles. The molecule has 1 aromatic heterocycles. The summed E-state index contributed by atoms with van der Waals surface area (Å²) in [5.74, 6) is -0.0697. The van der Waals surface area contributed by atoms with Gasteiger partial charge in [-0.3, -0.25) is 9.78 Å². The number of nitrogens with one attached hydrogen (secondary N) is 2. The summed E-state index contributed by atoms with van der Waals surface area (Å²) in [4.78, 5) is 16.3. The Morgan fingerprint density at radius 3 is 2.84 bits per heavy atom. The predicted molar refractivity (Wildman–Crippen MR) is 74.1 cm³/mol. The molecule has 1 heterocycles. The molecule has 1 aliphatic carbocycles. The normalized spacial score (nSPS) is 22.8. The van der Waals surface area contributed by atoms with Crippen LogP contribution in [0.1, 0.15) is 43.0 Å². The molecule has 0 spiro atoms. The molecule has 3 N–H and O–H groups in total. The Balaban J connectivity index is 1.99. The van der Waals surface area contributed by atoms with E-state index in [9.17, 15) is 9.90 Å². The van der Waals surface area contributed by atoms with Gasteiger partial charge in [-0.1, -0.05) is 0 Å². The van der Waals surface area contributed by atoms with E-state index in [1.165, 1.54) is 0 Å². The highest BCUT2D eigenvalue weighted by Crippen LogP contribution is 2.20. The van der Waals surface area contributed by atoms with Gasteiger partial charge in [0.15, 0.2) is 0 Å². The zero-order chi connectivity index (χ0) is 13.7. The topological polar surface area (TPSA) is 74.2 Å². The van der Waals surface area contributed by atoms with E-state index in [1.54, 1.807) is 18.5 Å². The van der Waals surface area contributed by atoms with E-state index < -0.39 is 0 Å². The molecule has 19 heavy (non-hydrogen) atoms. The zero-order valence-electron chi connectivity index (χ0n) is 11.2. The van der Waals surface area contributed by atoms with E-state index in [1.807, 2.05) is 6.92 Å². The third-order valence-electron chi connectivity index (χ3n) is 3.46. The standard InChI is InChI=1S/C14H21N3O2/c1-2-16-13-9-15-8-7-12(13)14(19)17-10-3-5-11(18)6-4-10/h7-11,16,18H,2-6H2,1H3,(H,17,19). The maximum absolute atomic E-state index is 12.2. The second-order valence-corrected chi connectivity index (χ2v) is 4.93. The fraction of sp³-hybridized carbons (Fsp3) is 0.571. The van der Waals surface area contributed by atoms with Crippen molar-refractivity contribution in [2.24, 2.45) is 0 Å². The molecule has 0 radical (unpaired) electrons. The van der Waals surface area contributed by atoms with Crippen LogP contribution in [0.2, 0.25) is 0 Å². The molecule has 1 amide bonds. The third kappa shape index (κ3) is 3.67. The number of hydrogen-bond acceptors (Lipinski definition) is 4. The number of anilines is 1. The van der Waals surface area contributed by atoms with Crippen molar-refractivity contribution in [1.82, 2.24) is 10.3 Å². The molecule has 1 fully saturated rings. The zero-order valence-corrected chi connectivity index (χ0v) is 11.2. The smallest absolute Gasteiger partial charge is 0.253 e. The minimum atomic E-state index is -0.202. The number of rotatable bonds is 4. The first-order chi connectivity index (χ1) is 9.20. The van der Waals surface area contributed by atoms with Gasteiger partial charge in [0.1, 0.15) is 0 Å². The van der Waals surface area contributed by atoms with Gasteiger partial charge in [-0.15, -0.1) is 0 Å². The predicted octanol–water partition coefficient (Wildman–Crippen LogP) is 1.55. The van der Waals surface area contributed by atoms with Crippen molar-refractivity contribution in [3.63, 3.8) is 0 Å².